The summed E-state index contributed by atoms with van der Waals surface area (Å²) in [5, 5.41) is 8.78. The molecule has 1 saturated carbocycles. The fraction of sp³-hybridized carbons (Fsp3) is 0.583. The predicted molar refractivity (Wildman–Crippen MR) is 67.5 cm³/mol. The zero-order valence-corrected chi connectivity index (χ0v) is 11.7. The third-order valence-corrected chi connectivity index (χ3v) is 4.93. The Morgan fingerprint density at radius 3 is 2.68 bits per heavy atom. The number of sulfonamides is 1. The summed E-state index contributed by atoms with van der Waals surface area (Å²) in [7, 11) is -3.71. The van der Waals surface area contributed by atoms with Gasteiger partial charge in [0.15, 0.2) is 0 Å². The summed E-state index contributed by atoms with van der Waals surface area (Å²) in [4.78, 5) is 10.6. The molecule has 0 radical (unpaired) electrons. The summed E-state index contributed by atoms with van der Waals surface area (Å²) in [6.07, 6.45) is 2.30. The third kappa shape index (κ3) is 3.16. The number of carbonyl (C=O) groups is 1. The summed E-state index contributed by atoms with van der Waals surface area (Å²) < 4.78 is 31.6. The van der Waals surface area contributed by atoms with E-state index < -0.39 is 16.0 Å². The highest BCUT2D eigenvalue weighted by Crippen LogP contribution is 2.36. The molecule has 7 heteroatoms. The average molecular weight is 287 g/mol. The van der Waals surface area contributed by atoms with Crippen molar-refractivity contribution in [1.29, 1.82) is 0 Å². The summed E-state index contributed by atoms with van der Waals surface area (Å²) in [5.74, 6) is -0.670. The van der Waals surface area contributed by atoms with Crippen LogP contribution in [0.2, 0.25) is 0 Å². The van der Waals surface area contributed by atoms with Crippen LogP contribution in [-0.2, 0) is 10.0 Å². The van der Waals surface area contributed by atoms with Crippen molar-refractivity contribution in [2.75, 3.05) is 6.54 Å². The van der Waals surface area contributed by atoms with Gasteiger partial charge in [-0.1, -0.05) is 6.92 Å². The number of furan rings is 1. The molecule has 0 bridgehead atoms. The molecule has 1 aromatic heterocycles. The lowest BCUT2D eigenvalue weighted by molar-refractivity contribution is 0.0661. The molecule has 1 heterocycles. The lowest BCUT2D eigenvalue weighted by Crippen LogP contribution is -2.29. The number of aryl methyl sites for hydroxylation is 1. The second kappa shape index (κ2) is 4.97. The first-order chi connectivity index (χ1) is 8.81. The minimum absolute atomic E-state index is 0.0870. The molecule has 19 heavy (non-hydrogen) atoms. The van der Waals surface area contributed by atoms with E-state index in [-0.39, 0.29) is 16.4 Å². The van der Waals surface area contributed by atoms with Gasteiger partial charge in [-0.25, -0.2) is 17.9 Å². The van der Waals surface area contributed by atoms with Crippen molar-refractivity contribution in [1.82, 2.24) is 4.72 Å². The SMILES string of the molecule is Cc1oc(C(=O)O)cc1S(=O)(=O)NCC(C)C1CC1. The first-order valence-electron chi connectivity index (χ1n) is 6.14. The maximum atomic E-state index is 12.1. The molecular weight excluding hydrogens is 270 g/mol. The van der Waals surface area contributed by atoms with Gasteiger partial charge in [0.1, 0.15) is 10.7 Å². The van der Waals surface area contributed by atoms with Crippen molar-refractivity contribution >= 4 is 16.0 Å². The molecule has 1 aromatic rings. The van der Waals surface area contributed by atoms with E-state index in [1.54, 1.807) is 0 Å². The van der Waals surface area contributed by atoms with Crippen molar-refractivity contribution in [3.8, 4) is 0 Å². The molecular formula is C12H17NO5S. The first kappa shape index (κ1) is 14.1. The predicted octanol–water partition coefficient (Wildman–Crippen LogP) is 1.61. The van der Waals surface area contributed by atoms with Crippen LogP contribution in [0.25, 0.3) is 0 Å². The van der Waals surface area contributed by atoms with Gasteiger partial charge in [-0.15, -0.1) is 0 Å². The Labute approximate surface area is 111 Å². The number of hydrogen-bond acceptors (Lipinski definition) is 4. The van der Waals surface area contributed by atoms with Gasteiger partial charge in [-0.05, 0) is 31.6 Å². The summed E-state index contributed by atoms with van der Waals surface area (Å²) in [5.41, 5.74) is 0. The monoisotopic (exact) mass is 287 g/mol. The number of aromatic carboxylic acids is 1. The second-order valence-electron chi connectivity index (χ2n) is 5.00. The smallest absolute Gasteiger partial charge is 0.371 e. The topological polar surface area (TPSA) is 96.6 Å². The molecule has 1 atom stereocenters. The molecule has 1 fully saturated rings. The minimum atomic E-state index is -3.71. The van der Waals surface area contributed by atoms with Gasteiger partial charge in [0.05, 0.1) is 0 Å². The van der Waals surface area contributed by atoms with E-state index in [1.165, 1.54) is 6.92 Å². The Bertz CT molecular complexity index is 585. The maximum absolute atomic E-state index is 12.1. The van der Waals surface area contributed by atoms with E-state index in [2.05, 4.69) is 4.72 Å². The summed E-state index contributed by atoms with van der Waals surface area (Å²) >= 11 is 0. The molecule has 0 saturated heterocycles. The standard InChI is InChI=1S/C12H17NO5S/c1-7(9-3-4-9)6-13-19(16,17)11-5-10(12(14)15)18-8(11)2/h5,7,9,13H,3-4,6H2,1-2H3,(H,14,15). The van der Waals surface area contributed by atoms with E-state index >= 15 is 0 Å². The molecule has 1 aliphatic carbocycles. The summed E-state index contributed by atoms with van der Waals surface area (Å²) in [6, 6.07) is 1.04. The highest BCUT2D eigenvalue weighted by molar-refractivity contribution is 7.89. The van der Waals surface area contributed by atoms with Gasteiger partial charge in [0.2, 0.25) is 15.8 Å². The lowest BCUT2D eigenvalue weighted by atomic mass is 10.1. The van der Waals surface area contributed by atoms with Crippen LogP contribution in [0.3, 0.4) is 0 Å². The Hall–Kier alpha value is -1.34. The van der Waals surface area contributed by atoms with Gasteiger partial charge < -0.3 is 9.52 Å². The van der Waals surface area contributed by atoms with E-state index in [1.807, 2.05) is 6.92 Å². The second-order valence-corrected chi connectivity index (χ2v) is 6.74. The highest BCUT2D eigenvalue weighted by atomic mass is 32.2. The third-order valence-electron chi connectivity index (χ3n) is 3.39. The average Bonchev–Trinajstić information content (AvgIpc) is 3.09. The van der Waals surface area contributed by atoms with Crippen molar-refractivity contribution < 1.29 is 22.7 Å². The van der Waals surface area contributed by atoms with E-state index in [9.17, 15) is 13.2 Å². The zero-order valence-electron chi connectivity index (χ0n) is 10.8. The van der Waals surface area contributed by atoms with Gasteiger partial charge in [-0.3, -0.25) is 0 Å². The number of hydrogen-bond donors (Lipinski definition) is 2. The molecule has 0 amide bonds. The molecule has 2 N–H and O–H groups in total. The van der Waals surface area contributed by atoms with Crippen LogP contribution in [-0.4, -0.2) is 26.0 Å². The molecule has 0 aromatic carbocycles. The largest absolute Gasteiger partial charge is 0.475 e. The van der Waals surface area contributed by atoms with Gasteiger partial charge in [0, 0.05) is 12.6 Å². The maximum Gasteiger partial charge on any atom is 0.371 e. The fourth-order valence-corrected chi connectivity index (χ4v) is 3.31. The van der Waals surface area contributed by atoms with Crippen LogP contribution in [0.15, 0.2) is 15.4 Å². The van der Waals surface area contributed by atoms with E-state index in [0.29, 0.717) is 18.4 Å². The van der Waals surface area contributed by atoms with Crippen LogP contribution in [0, 0.1) is 18.8 Å². The van der Waals surface area contributed by atoms with Gasteiger partial charge in [-0.2, -0.15) is 0 Å². The molecule has 2 rings (SSSR count). The van der Waals surface area contributed by atoms with Crippen molar-refractivity contribution in [2.24, 2.45) is 11.8 Å². The Morgan fingerprint density at radius 1 is 1.58 bits per heavy atom. The van der Waals surface area contributed by atoms with E-state index in [0.717, 1.165) is 18.9 Å². The Kier molecular flexibility index (Phi) is 3.69. The molecule has 1 unspecified atom stereocenters. The zero-order chi connectivity index (χ0) is 14.2. The van der Waals surface area contributed by atoms with Gasteiger partial charge in [0.25, 0.3) is 0 Å². The molecule has 6 nitrogen and oxygen atoms in total. The molecule has 0 spiro atoms. The fourth-order valence-electron chi connectivity index (χ4n) is 1.99. The number of carboxylic acid groups (broad SMARTS) is 1. The quantitative estimate of drug-likeness (QED) is 0.828. The first-order valence-corrected chi connectivity index (χ1v) is 7.63. The molecule has 1 aliphatic rings. The van der Waals surface area contributed by atoms with Crippen LogP contribution < -0.4 is 4.72 Å². The normalized spacial score (nSPS) is 17.4. The summed E-state index contributed by atoms with van der Waals surface area (Å²) in [6.45, 7) is 3.80. The number of nitrogens with one attached hydrogen (secondary N) is 1. The Morgan fingerprint density at radius 2 is 2.21 bits per heavy atom. The van der Waals surface area contributed by atoms with Crippen molar-refractivity contribution in [3.05, 3.63) is 17.6 Å². The van der Waals surface area contributed by atoms with Crippen LogP contribution in [0.1, 0.15) is 36.1 Å². The van der Waals surface area contributed by atoms with Crippen molar-refractivity contribution in [3.63, 3.8) is 0 Å². The minimum Gasteiger partial charge on any atom is -0.475 e. The van der Waals surface area contributed by atoms with Crippen LogP contribution in [0.5, 0.6) is 0 Å². The van der Waals surface area contributed by atoms with Crippen LogP contribution in [0.4, 0.5) is 0 Å². The number of carboxylic acids is 1. The van der Waals surface area contributed by atoms with E-state index in [4.69, 9.17) is 9.52 Å². The highest BCUT2D eigenvalue weighted by Gasteiger charge is 2.30. The van der Waals surface area contributed by atoms with Crippen molar-refractivity contribution in [2.45, 2.75) is 31.6 Å². The Balaban J connectivity index is 2.12. The molecule has 106 valence electrons. The van der Waals surface area contributed by atoms with Crippen LogP contribution >= 0.6 is 0 Å². The molecule has 0 aliphatic heterocycles. The van der Waals surface area contributed by atoms with Gasteiger partial charge >= 0.3 is 5.97 Å². The number of rotatable bonds is 6. The lowest BCUT2D eigenvalue weighted by Gasteiger charge is -2.11.